The van der Waals surface area contributed by atoms with Gasteiger partial charge in [-0.2, -0.15) is 5.10 Å². The van der Waals surface area contributed by atoms with E-state index in [9.17, 15) is 9.59 Å². The second-order valence-corrected chi connectivity index (χ2v) is 7.00. The molecule has 0 unspecified atom stereocenters. The zero-order chi connectivity index (χ0) is 23.6. The first-order valence-corrected chi connectivity index (χ1v) is 10.7. The summed E-state index contributed by atoms with van der Waals surface area (Å²) < 4.78 is 18.3. The summed E-state index contributed by atoms with van der Waals surface area (Å²) in [4.78, 5) is 23.3. The molecule has 0 atom stereocenters. The van der Waals surface area contributed by atoms with Crippen molar-refractivity contribution in [2.45, 2.75) is 33.4 Å². The van der Waals surface area contributed by atoms with E-state index in [4.69, 9.17) is 19.3 Å². The minimum Gasteiger partial charge on any atom is -0.490 e. The molecule has 0 saturated carbocycles. The van der Waals surface area contributed by atoms with Crippen molar-refractivity contribution in [3.63, 3.8) is 0 Å². The number of carbonyl (C=O) groups excluding carboxylic acids is 1. The molecule has 0 aliphatic carbocycles. The molecule has 0 fully saturated rings. The molecule has 0 radical (unpaired) electrons. The van der Waals surface area contributed by atoms with E-state index in [1.807, 2.05) is 32.0 Å². The Morgan fingerprint density at radius 1 is 0.970 bits per heavy atom. The molecule has 3 aromatic rings. The molecule has 1 aromatic heterocycles. The van der Waals surface area contributed by atoms with E-state index in [2.05, 4.69) is 10.4 Å². The SMILES string of the molecule is CCOc1ccc(COc2ccc(NC(=O)CCn3nccc3C(=O)O)cc2)cc1OCC. The van der Waals surface area contributed by atoms with Gasteiger partial charge in [0.15, 0.2) is 11.5 Å². The van der Waals surface area contributed by atoms with E-state index >= 15 is 0 Å². The van der Waals surface area contributed by atoms with Crippen molar-refractivity contribution in [3.05, 3.63) is 66.0 Å². The van der Waals surface area contributed by atoms with Crippen molar-refractivity contribution >= 4 is 17.6 Å². The number of nitrogens with zero attached hydrogens (tertiary/aromatic N) is 2. The van der Waals surface area contributed by atoms with Crippen LogP contribution in [0.25, 0.3) is 0 Å². The summed E-state index contributed by atoms with van der Waals surface area (Å²) in [6.45, 7) is 5.48. The summed E-state index contributed by atoms with van der Waals surface area (Å²) >= 11 is 0. The lowest BCUT2D eigenvalue weighted by molar-refractivity contribution is -0.116. The Balaban J connectivity index is 1.51. The average Bonchev–Trinajstić information content (AvgIpc) is 3.28. The first kappa shape index (κ1) is 23.6. The highest BCUT2D eigenvalue weighted by Crippen LogP contribution is 2.29. The smallest absolute Gasteiger partial charge is 0.354 e. The second kappa shape index (κ2) is 11.6. The Labute approximate surface area is 191 Å². The molecule has 2 aromatic carbocycles. The summed E-state index contributed by atoms with van der Waals surface area (Å²) in [5, 5.41) is 15.8. The Bertz CT molecular complexity index is 1080. The molecular formula is C24H27N3O6. The number of aryl methyl sites for hydroxylation is 1. The van der Waals surface area contributed by atoms with Gasteiger partial charge in [-0.1, -0.05) is 6.07 Å². The van der Waals surface area contributed by atoms with Crippen molar-refractivity contribution in [3.8, 4) is 17.2 Å². The number of carbonyl (C=O) groups is 2. The highest BCUT2D eigenvalue weighted by Gasteiger charge is 2.12. The maximum Gasteiger partial charge on any atom is 0.354 e. The van der Waals surface area contributed by atoms with Crippen molar-refractivity contribution in [1.29, 1.82) is 0 Å². The van der Waals surface area contributed by atoms with Crippen molar-refractivity contribution in [2.24, 2.45) is 0 Å². The molecule has 2 N–H and O–H groups in total. The van der Waals surface area contributed by atoms with Crippen LogP contribution in [0.1, 0.15) is 36.3 Å². The van der Waals surface area contributed by atoms with E-state index in [0.29, 0.717) is 42.8 Å². The number of aromatic nitrogens is 2. The van der Waals surface area contributed by atoms with Gasteiger partial charge in [0.25, 0.3) is 0 Å². The summed E-state index contributed by atoms with van der Waals surface area (Å²) in [5.41, 5.74) is 1.61. The lowest BCUT2D eigenvalue weighted by Crippen LogP contribution is -2.17. The summed E-state index contributed by atoms with van der Waals surface area (Å²) in [6.07, 6.45) is 1.49. The number of carboxylic acids is 1. The molecule has 9 nitrogen and oxygen atoms in total. The molecule has 0 aliphatic heterocycles. The highest BCUT2D eigenvalue weighted by atomic mass is 16.5. The van der Waals surface area contributed by atoms with Gasteiger partial charge in [-0.15, -0.1) is 0 Å². The predicted molar refractivity (Wildman–Crippen MR) is 122 cm³/mol. The largest absolute Gasteiger partial charge is 0.490 e. The molecule has 3 rings (SSSR count). The lowest BCUT2D eigenvalue weighted by Gasteiger charge is -2.13. The standard InChI is InChI=1S/C24H27N3O6/c1-3-31-21-10-5-17(15-22(21)32-4-2)16-33-19-8-6-18(7-9-19)26-23(28)12-14-27-20(24(29)30)11-13-25-27/h5-11,13,15H,3-4,12,14,16H2,1-2H3,(H,26,28)(H,29,30). The fourth-order valence-corrected chi connectivity index (χ4v) is 3.11. The maximum absolute atomic E-state index is 12.2. The van der Waals surface area contributed by atoms with E-state index in [1.165, 1.54) is 16.9 Å². The van der Waals surface area contributed by atoms with E-state index in [-0.39, 0.29) is 24.6 Å². The summed E-state index contributed by atoms with van der Waals surface area (Å²) in [5.74, 6) is 0.720. The number of aromatic carboxylic acids is 1. The zero-order valence-electron chi connectivity index (χ0n) is 18.6. The van der Waals surface area contributed by atoms with Crippen molar-refractivity contribution in [1.82, 2.24) is 9.78 Å². The third-order valence-corrected chi connectivity index (χ3v) is 4.64. The van der Waals surface area contributed by atoms with Crippen LogP contribution in [0.15, 0.2) is 54.7 Å². The number of hydrogen-bond donors (Lipinski definition) is 2. The van der Waals surface area contributed by atoms with Gasteiger partial charge in [-0.05, 0) is 61.9 Å². The predicted octanol–water partition coefficient (Wildman–Crippen LogP) is 3.99. The number of amides is 1. The number of anilines is 1. The molecular weight excluding hydrogens is 426 g/mol. The molecule has 0 bridgehead atoms. The topological polar surface area (TPSA) is 112 Å². The quantitative estimate of drug-likeness (QED) is 0.426. The van der Waals surface area contributed by atoms with Gasteiger partial charge in [0.1, 0.15) is 18.1 Å². The highest BCUT2D eigenvalue weighted by molar-refractivity contribution is 5.90. The van der Waals surface area contributed by atoms with Crippen LogP contribution in [0, 0.1) is 0 Å². The van der Waals surface area contributed by atoms with E-state index in [0.717, 1.165) is 5.56 Å². The third-order valence-electron chi connectivity index (χ3n) is 4.64. The number of nitrogens with one attached hydrogen (secondary N) is 1. The van der Waals surface area contributed by atoms with E-state index in [1.54, 1.807) is 24.3 Å². The minimum absolute atomic E-state index is 0.0465. The summed E-state index contributed by atoms with van der Waals surface area (Å²) in [7, 11) is 0. The molecule has 1 amide bonds. The number of hydrogen-bond acceptors (Lipinski definition) is 6. The normalized spacial score (nSPS) is 10.5. The Kier molecular flexibility index (Phi) is 8.29. The molecule has 0 saturated heterocycles. The van der Waals surface area contributed by atoms with Crippen molar-refractivity contribution in [2.75, 3.05) is 18.5 Å². The van der Waals surface area contributed by atoms with Crippen LogP contribution in [-0.4, -0.2) is 40.0 Å². The number of rotatable bonds is 12. The van der Waals surface area contributed by atoms with Gasteiger partial charge in [-0.3, -0.25) is 9.48 Å². The first-order chi connectivity index (χ1) is 16.0. The maximum atomic E-state index is 12.2. The molecule has 174 valence electrons. The van der Waals surface area contributed by atoms with Crippen molar-refractivity contribution < 1.29 is 28.9 Å². The Hall–Kier alpha value is -4.01. The molecule has 9 heteroatoms. The van der Waals surface area contributed by atoms with Crippen LogP contribution in [0.5, 0.6) is 17.2 Å². The Morgan fingerprint density at radius 2 is 1.70 bits per heavy atom. The Morgan fingerprint density at radius 3 is 2.39 bits per heavy atom. The molecule has 1 heterocycles. The van der Waals surface area contributed by atoms with Crippen LogP contribution >= 0.6 is 0 Å². The fourth-order valence-electron chi connectivity index (χ4n) is 3.11. The number of carboxylic acid groups (broad SMARTS) is 1. The van der Waals surface area contributed by atoms with Crippen LogP contribution in [-0.2, 0) is 17.9 Å². The third kappa shape index (κ3) is 6.73. The van der Waals surface area contributed by atoms with Crippen LogP contribution in [0.2, 0.25) is 0 Å². The van der Waals surface area contributed by atoms with Crippen LogP contribution in [0.3, 0.4) is 0 Å². The average molecular weight is 453 g/mol. The molecule has 0 spiro atoms. The van der Waals surface area contributed by atoms with E-state index < -0.39 is 5.97 Å². The summed E-state index contributed by atoms with van der Waals surface area (Å²) in [6, 6.07) is 14.1. The number of ether oxygens (including phenoxy) is 3. The van der Waals surface area contributed by atoms with Gasteiger partial charge in [0.05, 0.1) is 19.8 Å². The lowest BCUT2D eigenvalue weighted by atomic mass is 10.2. The van der Waals surface area contributed by atoms with Crippen LogP contribution < -0.4 is 19.5 Å². The zero-order valence-corrected chi connectivity index (χ0v) is 18.6. The van der Waals surface area contributed by atoms with Gasteiger partial charge in [0.2, 0.25) is 5.91 Å². The van der Waals surface area contributed by atoms with Gasteiger partial charge < -0.3 is 24.6 Å². The fraction of sp³-hybridized carbons (Fsp3) is 0.292. The van der Waals surface area contributed by atoms with Gasteiger partial charge >= 0.3 is 5.97 Å². The molecule has 0 aliphatic rings. The molecule has 33 heavy (non-hydrogen) atoms. The monoisotopic (exact) mass is 453 g/mol. The second-order valence-electron chi connectivity index (χ2n) is 7.00. The number of benzene rings is 2. The van der Waals surface area contributed by atoms with Gasteiger partial charge in [-0.25, -0.2) is 4.79 Å². The van der Waals surface area contributed by atoms with Crippen LogP contribution in [0.4, 0.5) is 5.69 Å². The minimum atomic E-state index is -1.08. The van der Waals surface area contributed by atoms with Gasteiger partial charge in [0, 0.05) is 18.3 Å². The first-order valence-electron chi connectivity index (χ1n) is 10.7.